The highest BCUT2D eigenvalue weighted by molar-refractivity contribution is 7.89. The van der Waals surface area contributed by atoms with Crippen molar-refractivity contribution in [3.05, 3.63) is 47.4 Å². The molecular weight excluding hydrogens is 336 g/mol. The van der Waals surface area contributed by atoms with E-state index < -0.39 is 10.0 Å². The summed E-state index contributed by atoms with van der Waals surface area (Å²) in [7, 11) is -3.45. The number of sulfonamides is 1. The highest BCUT2D eigenvalue weighted by Gasteiger charge is 2.51. The van der Waals surface area contributed by atoms with E-state index in [-0.39, 0.29) is 12.1 Å². The van der Waals surface area contributed by atoms with E-state index >= 15 is 0 Å². The van der Waals surface area contributed by atoms with E-state index in [2.05, 4.69) is 14.9 Å². The second-order valence-electron chi connectivity index (χ2n) is 7.07. The molecule has 2 unspecified atom stereocenters. The Kier molecular flexibility index (Phi) is 3.81. The quantitative estimate of drug-likeness (QED) is 0.840. The van der Waals surface area contributed by atoms with Gasteiger partial charge in [0.1, 0.15) is 12.1 Å². The SMILES string of the molecule is Cc1ccc(C)c(S(=O)(=O)N2C3CC2CN(c2cc(C)ncn2)C3)c1. The molecule has 3 fully saturated rings. The van der Waals surface area contributed by atoms with Crippen molar-refractivity contribution >= 4 is 15.8 Å². The number of piperidine rings is 1. The maximum absolute atomic E-state index is 13.2. The smallest absolute Gasteiger partial charge is 0.243 e. The number of anilines is 1. The van der Waals surface area contributed by atoms with Crippen LogP contribution in [0.5, 0.6) is 0 Å². The minimum Gasteiger partial charge on any atom is -0.353 e. The predicted octanol–water partition coefficient (Wildman–Crippen LogP) is 2.05. The summed E-state index contributed by atoms with van der Waals surface area (Å²) in [5, 5.41) is 0. The zero-order valence-corrected chi connectivity index (χ0v) is 15.5. The first kappa shape index (κ1) is 16.5. The molecule has 0 N–H and O–H groups in total. The summed E-state index contributed by atoms with van der Waals surface area (Å²) in [4.78, 5) is 11.1. The van der Waals surface area contributed by atoms with E-state index in [1.807, 2.05) is 39.0 Å². The van der Waals surface area contributed by atoms with Gasteiger partial charge in [0, 0.05) is 36.9 Å². The fourth-order valence-electron chi connectivity index (χ4n) is 3.87. The van der Waals surface area contributed by atoms with Gasteiger partial charge in [0.15, 0.2) is 0 Å². The maximum atomic E-state index is 13.2. The van der Waals surface area contributed by atoms with Crippen LogP contribution in [0.15, 0.2) is 35.5 Å². The zero-order chi connectivity index (χ0) is 17.8. The van der Waals surface area contributed by atoms with Gasteiger partial charge in [-0.1, -0.05) is 12.1 Å². The summed E-state index contributed by atoms with van der Waals surface area (Å²) >= 11 is 0. The summed E-state index contributed by atoms with van der Waals surface area (Å²) in [6.45, 7) is 7.08. The van der Waals surface area contributed by atoms with Crippen molar-refractivity contribution in [1.29, 1.82) is 0 Å². The Hall–Kier alpha value is -1.99. The van der Waals surface area contributed by atoms with Crippen LogP contribution in [0.25, 0.3) is 0 Å². The Bertz CT molecular complexity index is 916. The Labute approximate surface area is 148 Å². The van der Waals surface area contributed by atoms with Gasteiger partial charge < -0.3 is 4.90 Å². The number of aromatic nitrogens is 2. The molecule has 1 aromatic carbocycles. The number of benzene rings is 1. The summed E-state index contributed by atoms with van der Waals surface area (Å²) in [6.07, 6.45) is 2.49. The standard InChI is InChI=1S/C18H22N4O2S/c1-12-4-5-13(2)17(6-12)25(23,24)22-15-8-16(22)10-21(9-15)18-7-14(3)19-11-20-18/h4-7,11,15-16H,8-10H2,1-3H3. The largest absolute Gasteiger partial charge is 0.353 e. The highest BCUT2D eigenvalue weighted by Crippen LogP contribution is 2.39. The lowest BCUT2D eigenvalue weighted by Crippen LogP contribution is -2.70. The predicted molar refractivity (Wildman–Crippen MR) is 96.1 cm³/mol. The van der Waals surface area contributed by atoms with Crippen molar-refractivity contribution in [1.82, 2.24) is 14.3 Å². The molecule has 0 saturated carbocycles. The molecule has 7 heteroatoms. The van der Waals surface area contributed by atoms with Crippen LogP contribution < -0.4 is 4.90 Å². The average Bonchev–Trinajstić information content (AvgIpc) is 2.56. The van der Waals surface area contributed by atoms with Crippen molar-refractivity contribution in [2.75, 3.05) is 18.0 Å². The number of nitrogens with zero attached hydrogens (tertiary/aromatic N) is 4. The van der Waals surface area contributed by atoms with E-state index in [0.717, 1.165) is 29.1 Å². The number of fused-ring (bicyclic) bond motifs is 2. The van der Waals surface area contributed by atoms with Crippen LogP contribution in [0.2, 0.25) is 0 Å². The molecule has 0 spiro atoms. The zero-order valence-electron chi connectivity index (χ0n) is 14.7. The first-order valence-electron chi connectivity index (χ1n) is 8.50. The van der Waals surface area contributed by atoms with Crippen LogP contribution in [0, 0.1) is 20.8 Å². The summed E-state index contributed by atoms with van der Waals surface area (Å²) < 4.78 is 28.1. The molecule has 2 bridgehead atoms. The van der Waals surface area contributed by atoms with Crippen molar-refractivity contribution in [3.8, 4) is 0 Å². The Balaban J connectivity index is 1.60. The fourth-order valence-corrected chi connectivity index (χ4v) is 5.99. The first-order valence-corrected chi connectivity index (χ1v) is 9.94. The third-order valence-corrected chi connectivity index (χ3v) is 7.29. The van der Waals surface area contributed by atoms with Crippen molar-refractivity contribution < 1.29 is 8.42 Å². The Morgan fingerprint density at radius 2 is 1.76 bits per heavy atom. The minimum atomic E-state index is -3.45. The topological polar surface area (TPSA) is 66.4 Å². The molecule has 3 aliphatic rings. The fraction of sp³-hybridized carbons (Fsp3) is 0.444. The van der Waals surface area contributed by atoms with Gasteiger partial charge in [-0.2, -0.15) is 4.31 Å². The molecule has 0 amide bonds. The number of hydrogen-bond acceptors (Lipinski definition) is 5. The molecule has 0 aliphatic carbocycles. The molecule has 3 aliphatic heterocycles. The van der Waals surface area contributed by atoms with E-state index in [0.29, 0.717) is 18.0 Å². The van der Waals surface area contributed by atoms with Gasteiger partial charge in [-0.15, -0.1) is 0 Å². The summed E-state index contributed by atoms with van der Waals surface area (Å²) in [5.74, 6) is 0.881. The van der Waals surface area contributed by atoms with Crippen LogP contribution in [-0.4, -0.2) is 47.9 Å². The summed E-state index contributed by atoms with van der Waals surface area (Å²) in [6, 6.07) is 7.59. The van der Waals surface area contributed by atoms with Gasteiger partial charge in [0.2, 0.25) is 10.0 Å². The van der Waals surface area contributed by atoms with Crippen LogP contribution in [0.4, 0.5) is 5.82 Å². The molecule has 5 rings (SSSR count). The Morgan fingerprint density at radius 3 is 2.44 bits per heavy atom. The van der Waals surface area contributed by atoms with Gasteiger partial charge in [-0.3, -0.25) is 0 Å². The molecule has 2 atom stereocenters. The normalized spacial score (nSPS) is 23.4. The van der Waals surface area contributed by atoms with E-state index in [4.69, 9.17) is 0 Å². The Morgan fingerprint density at radius 1 is 1.04 bits per heavy atom. The lowest BCUT2D eigenvalue weighted by molar-refractivity contribution is 0.0874. The molecule has 3 saturated heterocycles. The number of piperazine rings is 1. The van der Waals surface area contributed by atoms with Crippen LogP contribution >= 0.6 is 0 Å². The van der Waals surface area contributed by atoms with Crippen molar-refractivity contribution in [2.45, 2.75) is 44.2 Å². The monoisotopic (exact) mass is 358 g/mol. The molecular formula is C18H22N4O2S. The van der Waals surface area contributed by atoms with Gasteiger partial charge in [-0.25, -0.2) is 18.4 Å². The highest BCUT2D eigenvalue weighted by atomic mass is 32.2. The number of hydrogen-bond donors (Lipinski definition) is 0. The second kappa shape index (κ2) is 5.78. The van der Waals surface area contributed by atoms with E-state index in [1.165, 1.54) is 0 Å². The lowest BCUT2D eigenvalue weighted by atomic mass is 9.91. The number of rotatable bonds is 3. The van der Waals surface area contributed by atoms with Crippen molar-refractivity contribution in [2.24, 2.45) is 0 Å². The minimum absolute atomic E-state index is 0.0129. The lowest BCUT2D eigenvalue weighted by Gasteiger charge is -2.55. The van der Waals surface area contributed by atoms with Crippen LogP contribution in [-0.2, 0) is 10.0 Å². The molecule has 0 radical (unpaired) electrons. The van der Waals surface area contributed by atoms with Crippen LogP contribution in [0.3, 0.4) is 0 Å². The molecule has 4 heterocycles. The van der Waals surface area contributed by atoms with E-state index in [1.54, 1.807) is 16.7 Å². The third kappa shape index (κ3) is 2.71. The van der Waals surface area contributed by atoms with Gasteiger partial charge in [0.25, 0.3) is 0 Å². The maximum Gasteiger partial charge on any atom is 0.243 e. The molecule has 2 aromatic rings. The molecule has 132 valence electrons. The van der Waals surface area contributed by atoms with Gasteiger partial charge in [0.05, 0.1) is 4.90 Å². The van der Waals surface area contributed by atoms with Crippen molar-refractivity contribution in [3.63, 3.8) is 0 Å². The average molecular weight is 358 g/mol. The first-order chi connectivity index (χ1) is 11.9. The molecule has 25 heavy (non-hydrogen) atoms. The van der Waals surface area contributed by atoms with E-state index in [9.17, 15) is 8.42 Å². The van der Waals surface area contributed by atoms with Gasteiger partial charge >= 0.3 is 0 Å². The summed E-state index contributed by atoms with van der Waals surface area (Å²) in [5.41, 5.74) is 2.69. The van der Waals surface area contributed by atoms with Crippen LogP contribution in [0.1, 0.15) is 23.2 Å². The molecule has 1 aromatic heterocycles. The third-order valence-electron chi connectivity index (χ3n) is 5.14. The second-order valence-corrected chi connectivity index (χ2v) is 8.88. The van der Waals surface area contributed by atoms with Gasteiger partial charge in [-0.05, 0) is 44.4 Å². The number of aryl methyl sites for hydroxylation is 3. The molecule has 6 nitrogen and oxygen atoms in total.